The number of piperidine rings is 1. The average molecular weight is 297 g/mol. The van der Waals surface area contributed by atoms with Crippen molar-refractivity contribution in [3.05, 3.63) is 34.9 Å². The lowest BCUT2D eigenvalue weighted by Crippen LogP contribution is -2.44. The van der Waals surface area contributed by atoms with Crippen molar-refractivity contribution in [3.8, 4) is 0 Å². The van der Waals surface area contributed by atoms with Crippen LogP contribution in [0.1, 0.15) is 47.2 Å². The lowest BCUT2D eigenvalue weighted by Gasteiger charge is -2.36. The fraction of sp³-hybridized carbons (Fsp3) is 0.562. The first-order valence-electron chi connectivity index (χ1n) is 7.21. The molecule has 20 heavy (non-hydrogen) atoms. The number of nitrogens with two attached hydrogens (primary N) is 1. The summed E-state index contributed by atoms with van der Waals surface area (Å²) >= 11 is 0. The third kappa shape index (κ3) is 3.74. The summed E-state index contributed by atoms with van der Waals surface area (Å²) in [5.41, 5.74) is 8.73. The van der Waals surface area contributed by atoms with E-state index in [1.807, 2.05) is 30.9 Å². The molecule has 1 aromatic carbocycles. The standard InChI is InChI=1S/C16H24N2O.ClH/c1-12-6-7-13(2)15(11-12)16(19)18-10-4-3-5-14(18)8-9-17;/h6-7,11,14H,3-5,8-10,17H2,1-2H3;1H. The molecular formula is C16H25ClN2O. The summed E-state index contributed by atoms with van der Waals surface area (Å²) in [4.78, 5) is 14.8. The highest BCUT2D eigenvalue weighted by atomic mass is 35.5. The van der Waals surface area contributed by atoms with Gasteiger partial charge in [-0.3, -0.25) is 4.79 Å². The Balaban J connectivity index is 0.00000200. The van der Waals surface area contributed by atoms with E-state index in [0.717, 1.165) is 42.5 Å². The fourth-order valence-corrected chi connectivity index (χ4v) is 2.88. The van der Waals surface area contributed by atoms with Gasteiger partial charge in [-0.15, -0.1) is 12.4 Å². The number of rotatable bonds is 3. The zero-order valence-electron chi connectivity index (χ0n) is 12.4. The van der Waals surface area contributed by atoms with E-state index in [1.165, 1.54) is 6.42 Å². The predicted octanol–water partition coefficient (Wildman–Crippen LogP) is 3.07. The van der Waals surface area contributed by atoms with Crippen LogP contribution in [0, 0.1) is 13.8 Å². The maximum absolute atomic E-state index is 12.7. The molecule has 1 fully saturated rings. The zero-order chi connectivity index (χ0) is 13.8. The highest BCUT2D eigenvalue weighted by Crippen LogP contribution is 2.23. The SMILES string of the molecule is Cc1ccc(C)c(C(=O)N2CCCCC2CCN)c1.Cl. The van der Waals surface area contributed by atoms with Gasteiger partial charge in [-0.05, 0) is 57.7 Å². The molecule has 1 unspecified atom stereocenters. The number of benzene rings is 1. The van der Waals surface area contributed by atoms with Crippen LogP contribution in [0.15, 0.2) is 18.2 Å². The summed E-state index contributed by atoms with van der Waals surface area (Å²) in [6, 6.07) is 6.42. The number of nitrogens with zero attached hydrogens (tertiary/aromatic N) is 1. The number of halogens is 1. The Bertz CT molecular complexity index is 460. The molecule has 0 aliphatic carbocycles. The highest BCUT2D eigenvalue weighted by molar-refractivity contribution is 5.96. The van der Waals surface area contributed by atoms with Crippen LogP contribution in [0.2, 0.25) is 0 Å². The number of carbonyl (C=O) groups excluding carboxylic acids is 1. The highest BCUT2D eigenvalue weighted by Gasteiger charge is 2.27. The summed E-state index contributed by atoms with van der Waals surface area (Å²) < 4.78 is 0. The Labute approximate surface area is 127 Å². The van der Waals surface area contributed by atoms with Crippen LogP contribution in [-0.4, -0.2) is 29.9 Å². The molecule has 112 valence electrons. The van der Waals surface area contributed by atoms with Crippen molar-refractivity contribution >= 4 is 18.3 Å². The van der Waals surface area contributed by atoms with Crippen molar-refractivity contribution in [1.29, 1.82) is 0 Å². The Morgan fingerprint density at radius 1 is 1.35 bits per heavy atom. The molecule has 1 saturated heterocycles. The molecule has 1 heterocycles. The summed E-state index contributed by atoms with van der Waals surface area (Å²) in [6.07, 6.45) is 4.32. The molecule has 2 rings (SSSR count). The van der Waals surface area contributed by atoms with Gasteiger partial charge in [-0.2, -0.15) is 0 Å². The van der Waals surface area contributed by atoms with E-state index < -0.39 is 0 Å². The summed E-state index contributed by atoms with van der Waals surface area (Å²) in [6.45, 7) is 5.57. The van der Waals surface area contributed by atoms with Gasteiger partial charge in [0, 0.05) is 18.2 Å². The van der Waals surface area contributed by atoms with E-state index in [4.69, 9.17) is 5.73 Å². The molecule has 1 aliphatic heterocycles. The number of aryl methyl sites for hydroxylation is 2. The monoisotopic (exact) mass is 296 g/mol. The van der Waals surface area contributed by atoms with Crippen LogP contribution in [0.4, 0.5) is 0 Å². The van der Waals surface area contributed by atoms with Gasteiger partial charge in [0.25, 0.3) is 5.91 Å². The van der Waals surface area contributed by atoms with Gasteiger partial charge < -0.3 is 10.6 Å². The van der Waals surface area contributed by atoms with E-state index in [1.54, 1.807) is 0 Å². The van der Waals surface area contributed by atoms with Crippen molar-refractivity contribution in [3.63, 3.8) is 0 Å². The largest absolute Gasteiger partial charge is 0.336 e. The third-order valence-corrected chi connectivity index (χ3v) is 4.01. The number of carbonyl (C=O) groups is 1. The predicted molar refractivity (Wildman–Crippen MR) is 85.5 cm³/mol. The normalized spacial score (nSPS) is 18.6. The van der Waals surface area contributed by atoms with Crippen molar-refractivity contribution in [2.24, 2.45) is 5.73 Å². The molecule has 0 bridgehead atoms. The first-order chi connectivity index (χ1) is 9.13. The molecule has 1 atom stereocenters. The maximum Gasteiger partial charge on any atom is 0.254 e. The van der Waals surface area contributed by atoms with Gasteiger partial charge in [-0.25, -0.2) is 0 Å². The molecule has 1 aliphatic rings. The second-order valence-corrected chi connectivity index (χ2v) is 5.54. The molecule has 4 heteroatoms. The molecule has 0 aromatic heterocycles. The van der Waals surface area contributed by atoms with Crippen LogP contribution in [0.5, 0.6) is 0 Å². The second-order valence-electron chi connectivity index (χ2n) is 5.54. The smallest absolute Gasteiger partial charge is 0.254 e. The van der Waals surface area contributed by atoms with Crippen LogP contribution in [-0.2, 0) is 0 Å². The molecule has 2 N–H and O–H groups in total. The van der Waals surface area contributed by atoms with Crippen LogP contribution < -0.4 is 5.73 Å². The second kappa shape index (κ2) is 7.65. The summed E-state index contributed by atoms with van der Waals surface area (Å²) in [5, 5.41) is 0. The third-order valence-electron chi connectivity index (χ3n) is 4.01. The van der Waals surface area contributed by atoms with E-state index >= 15 is 0 Å². The molecule has 0 spiro atoms. The number of likely N-dealkylation sites (tertiary alicyclic amines) is 1. The first-order valence-corrected chi connectivity index (χ1v) is 7.21. The first kappa shape index (κ1) is 17.0. The summed E-state index contributed by atoms with van der Waals surface area (Å²) in [7, 11) is 0. The van der Waals surface area contributed by atoms with E-state index in [0.29, 0.717) is 12.6 Å². The number of hydrogen-bond acceptors (Lipinski definition) is 2. The van der Waals surface area contributed by atoms with Crippen molar-refractivity contribution < 1.29 is 4.79 Å². The quantitative estimate of drug-likeness (QED) is 0.932. The minimum absolute atomic E-state index is 0. The summed E-state index contributed by atoms with van der Waals surface area (Å²) in [5.74, 6) is 0.180. The van der Waals surface area contributed by atoms with Crippen LogP contribution >= 0.6 is 12.4 Å². The molecule has 1 amide bonds. The van der Waals surface area contributed by atoms with Crippen LogP contribution in [0.25, 0.3) is 0 Å². The lowest BCUT2D eigenvalue weighted by molar-refractivity contribution is 0.0604. The van der Waals surface area contributed by atoms with Gasteiger partial charge in [0.2, 0.25) is 0 Å². The maximum atomic E-state index is 12.7. The Hall–Kier alpha value is -1.06. The fourth-order valence-electron chi connectivity index (χ4n) is 2.88. The van der Waals surface area contributed by atoms with Gasteiger partial charge in [0.1, 0.15) is 0 Å². The Kier molecular flexibility index (Phi) is 6.50. The molecular weight excluding hydrogens is 272 g/mol. The molecule has 1 aromatic rings. The molecule has 0 saturated carbocycles. The minimum atomic E-state index is 0. The molecule has 0 radical (unpaired) electrons. The lowest BCUT2D eigenvalue weighted by atomic mass is 9.96. The topological polar surface area (TPSA) is 46.3 Å². The van der Waals surface area contributed by atoms with E-state index in [9.17, 15) is 4.79 Å². The van der Waals surface area contributed by atoms with Gasteiger partial charge in [0.15, 0.2) is 0 Å². The Morgan fingerprint density at radius 2 is 2.10 bits per heavy atom. The zero-order valence-corrected chi connectivity index (χ0v) is 13.2. The van der Waals surface area contributed by atoms with Gasteiger partial charge in [-0.1, -0.05) is 17.7 Å². The van der Waals surface area contributed by atoms with Crippen molar-refractivity contribution in [1.82, 2.24) is 4.90 Å². The van der Waals surface area contributed by atoms with Crippen LogP contribution in [0.3, 0.4) is 0 Å². The van der Waals surface area contributed by atoms with Gasteiger partial charge >= 0.3 is 0 Å². The van der Waals surface area contributed by atoms with Crippen molar-refractivity contribution in [2.45, 2.75) is 45.6 Å². The Morgan fingerprint density at radius 3 is 2.80 bits per heavy atom. The number of amides is 1. The van der Waals surface area contributed by atoms with E-state index in [-0.39, 0.29) is 18.3 Å². The minimum Gasteiger partial charge on any atom is -0.336 e. The number of hydrogen-bond donors (Lipinski definition) is 1. The van der Waals surface area contributed by atoms with Crippen molar-refractivity contribution in [2.75, 3.05) is 13.1 Å². The average Bonchev–Trinajstić information content (AvgIpc) is 2.42. The van der Waals surface area contributed by atoms with E-state index in [2.05, 4.69) is 6.07 Å². The van der Waals surface area contributed by atoms with Gasteiger partial charge in [0.05, 0.1) is 0 Å². The molecule has 3 nitrogen and oxygen atoms in total.